The lowest BCUT2D eigenvalue weighted by atomic mass is 9.98. The molecule has 2 amide bonds. The van der Waals surface area contributed by atoms with E-state index in [2.05, 4.69) is 10.6 Å². The second-order valence-corrected chi connectivity index (χ2v) is 5.62. The third kappa shape index (κ3) is 6.48. The van der Waals surface area contributed by atoms with Gasteiger partial charge in [0.25, 0.3) is 5.91 Å². The van der Waals surface area contributed by atoms with Gasteiger partial charge in [-0.1, -0.05) is 12.1 Å². The van der Waals surface area contributed by atoms with Crippen molar-refractivity contribution in [2.75, 3.05) is 13.7 Å². The van der Waals surface area contributed by atoms with E-state index in [4.69, 9.17) is 9.84 Å². The number of carbonyl (C=O) groups excluding carboxylic acids is 2. The Bertz CT molecular complexity index is 570. The molecule has 1 atom stereocenters. The second-order valence-electron chi connectivity index (χ2n) is 5.62. The number of benzene rings is 1. The molecule has 1 rings (SSSR count). The fourth-order valence-electron chi connectivity index (χ4n) is 2.13. The van der Waals surface area contributed by atoms with E-state index in [0.717, 1.165) is 5.56 Å². The summed E-state index contributed by atoms with van der Waals surface area (Å²) in [5.41, 5.74) is 0.276. The lowest BCUT2D eigenvalue weighted by Gasteiger charge is -2.28. The molecule has 126 valence electrons. The first-order valence-electron chi connectivity index (χ1n) is 7.12. The Morgan fingerprint density at radius 3 is 2.30 bits per heavy atom. The lowest BCUT2D eigenvalue weighted by molar-refractivity contribution is -0.139. The summed E-state index contributed by atoms with van der Waals surface area (Å²) < 4.78 is 5.00. The van der Waals surface area contributed by atoms with E-state index < -0.39 is 11.5 Å². The van der Waals surface area contributed by atoms with Gasteiger partial charge in [0.15, 0.2) is 0 Å². The van der Waals surface area contributed by atoms with E-state index in [1.54, 1.807) is 31.2 Å². The molecule has 0 saturated heterocycles. The standard InChI is InChI=1S/C16H22N2O5/c1-11(19)17-9-12-4-6-13(7-5-12)15(22)18-16(2,10-23-3)8-14(20)21/h4-7H,8-10H2,1-3H3,(H,17,19)(H,18,22)(H,20,21). The van der Waals surface area contributed by atoms with Crippen LogP contribution in [0.3, 0.4) is 0 Å². The number of hydrogen-bond acceptors (Lipinski definition) is 4. The van der Waals surface area contributed by atoms with Crippen molar-refractivity contribution in [3.63, 3.8) is 0 Å². The van der Waals surface area contributed by atoms with Gasteiger partial charge < -0.3 is 20.5 Å². The van der Waals surface area contributed by atoms with Crippen molar-refractivity contribution < 1.29 is 24.2 Å². The summed E-state index contributed by atoms with van der Waals surface area (Å²) in [5.74, 6) is -1.52. The Morgan fingerprint density at radius 2 is 1.83 bits per heavy atom. The quantitative estimate of drug-likeness (QED) is 0.660. The van der Waals surface area contributed by atoms with E-state index in [1.165, 1.54) is 14.0 Å². The fraction of sp³-hybridized carbons (Fsp3) is 0.438. The number of carboxylic acids is 1. The number of carboxylic acid groups (broad SMARTS) is 1. The van der Waals surface area contributed by atoms with Gasteiger partial charge in [0, 0.05) is 26.1 Å². The predicted octanol–water partition coefficient (Wildman–Crippen LogP) is 0.932. The molecule has 1 aromatic rings. The highest BCUT2D eigenvalue weighted by molar-refractivity contribution is 5.95. The molecule has 0 fully saturated rings. The van der Waals surface area contributed by atoms with Gasteiger partial charge in [0.05, 0.1) is 18.6 Å². The maximum atomic E-state index is 12.3. The molecule has 0 heterocycles. The molecule has 0 bridgehead atoms. The van der Waals surface area contributed by atoms with Gasteiger partial charge in [0.1, 0.15) is 0 Å². The molecule has 1 unspecified atom stereocenters. The van der Waals surface area contributed by atoms with Crippen LogP contribution in [0.25, 0.3) is 0 Å². The number of amides is 2. The highest BCUT2D eigenvalue weighted by Crippen LogP contribution is 2.13. The van der Waals surface area contributed by atoms with Gasteiger partial charge in [-0.3, -0.25) is 14.4 Å². The molecule has 7 heteroatoms. The topological polar surface area (TPSA) is 105 Å². The fourth-order valence-corrected chi connectivity index (χ4v) is 2.13. The molecule has 0 radical (unpaired) electrons. The Balaban J connectivity index is 2.75. The van der Waals surface area contributed by atoms with Gasteiger partial charge in [-0.2, -0.15) is 0 Å². The molecule has 7 nitrogen and oxygen atoms in total. The number of hydrogen-bond donors (Lipinski definition) is 3. The zero-order chi connectivity index (χ0) is 17.5. The average molecular weight is 322 g/mol. The normalized spacial score (nSPS) is 13.0. The summed E-state index contributed by atoms with van der Waals surface area (Å²) in [6, 6.07) is 6.71. The second kappa shape index (κ2) is 8.28. The first-order valence-corrected chi connectivity index (χ1v) is 7.12. The number of ether oxygens (including phenoxy) is 1. The largest absolute Gasteiger partial charge is 0.481 e. The lowest BCUT2D eigenvalue weighted by Crippen LogP contribution is -2.50. The third-order valence-electron chi connectivity index (χ3n) is 3.18. The minimum Gasteiger partial charge on any atom is -0.481 e. The van der Waals surface area contributed by atoms with Crippen molar-refractivity contribution >= 4 is 17.8 Å². The van der Waals surface area contributed by atoms with Crippen molar-refractivity contribution in [2.45, 2.75) is 32.4 Å². The average Bonchev–Trinajstić information content (AvgIpc) is 2.44. The van der Waals surface area contributed by atoms with Crippen LogP contribution in [0.4, 0.5) is 0 Å². The van der Waals surface area contributed by atoms with Crippen LogP contribution < -0.4 is 10.6 Å². The molecule has 0 saturated carbocycles. The van der Waals surface area contributed by atoms with Gasteiger partial charge in [-0.15, -0.1) is 0 Å². The Hall–Kier alpha value is -2.41. The molecular formula is C16H22N2O5. The first-order chi connectivity index (χ1) is 10.8. The van der Waals surface area contributed by atoms with E-state index >= 15 is 0 Å². The minimum atomic E-state index is -1.02. The number of aliphatic carboxylic acids is 1. The smallest absolute Gasteiger partial charge is 0.305 e. The predicted molar refractivity (Wildman–Crippen MR) is 84.0 cm³/mol. The highest BCUT2D eigenvalue weighted by Gasteiger charge is 2.29. The number of methoxy groups -OCH3 is 1. The van der Waals surface area contributed by atoms with Crippen LogP contribution in [0.5, 0.6) is 0 Å². The van der Waals surface area contributed by atoms with Crippen molar-refractivity contribution in [2.24, 2.45) is 0 Å². The van der Waals surface area contributed by atoms with Gasteiger partial charge in [-0.25, -0.2) is 0 Å². The molecule has 0 aliphatic heterocycles. The van der Waals surface area contributed by atoms with Crippen LogP contribution in [-0.4, -0.2) is 42.1 Å². The molecule has 0 aliphatic carbocycles. The number of rotatable bonds is 8. The Morgan fingerprint density at radius 1 is 1.22 bits per heavy atom. The molecule has 0 spiro atoms. The summed E-state index contributed by atoms with van der Waals surface area (Å²) in [7, 11) is 1.45. The van der Waals surface area contributed by atoms with E-state index in [0.29, 0.717) is 12.1 Å². The van der Waals surface area contributed by atoms with E-state index in [-0.39, 0.29) is 24.8 Å². The number of carbonyl (C=O) groups is 3. The summed E-state index contributed by atoms with van der Waals surface area (Å²) in [6.45, 7) is 3.53. The van der Waals surface area contributed by atoms with Gasteiger partial charge in [0.2, 0.25) is 5.91 Å². The zero-order valence-electron chi connectivity index (χ0n) is 13.5. The highest BCUT2D eigenvalue weighted by atomic mass is 16.5. The van der Waals surface area contributed by atoms with Crippen LogP contribution in [-0.2, 0) is 20.9 Å². The van der Waals surface area contributed by atoms with E-state index in [9.17, 15) is 14.4 Å². The van der Waals surface area contributed by atoms with Crippen LogP contribution in [0.2, 0.25) is 0 Å². The Kier molecular flexibility index (Phi) is 6.71. The minimum absolute atomic E-state index is 0.0889. The van der Waals surface area contributed by atoms with Crippen molar-refractivity contribution in [1.29, 1.82) is 0 Å². The Labute approximate surface area is 135 Å². The maximum absolute atomic E-state index is 12.3. The van der Waals surface area contributed by atoms with Crippen molar-refractivity contribution in [3.05, 3.63) is 35.4 Å². The van der Waals surface area contributed by atoms with Crippen LogP contribution >= 0.6 is 0 Å². The third-order valence-corrected chi connectivity index (χ3v) is 3.18. The summed E-state index contributed by atoms with van der Waals surface area (Å²) in [4.78, 5) is 34.1. The molecule has 0 aromatic heterocycles. The molecule has 23 heavy (non-hydrogen) atoms. The monoisotopic (exact) mass is 322 g/mol. The molecule has 1 aromatic carbocycles. The molecule has 3 N–H and O–H groups in total. The van der Waals surface area contributed by atoms with Gasteiger partial charge >= 0.3 is 5.97 Å². The zero-order valence-corrected chi connectivity index (χ0v) is 13.5. The van der Waals surface area contributed by atoms with Crippen molar-refractivity contribution in [1.82, 2.24) is 10.6 Å². The number of nitrogens with one attached hydrogen (secondary N) is 2. The first kappa shape index (κ1) is 18.6. The SMILES string of the molecule is COCC(C)(CC(=O)O)NC(=O)c1ccc(CNC(C)=O)cc1. The maximum Gasteiger partial charge on any atom is 0.305 e. The van der Waals surface area contributed by atoms with Gasteiger partial charge in [-0.05, 0) is 24.6 Å². The van der Waals surface area contributed by atoms with Crippen LogP contribution in [0, 0.1) is 0 Å². The van der Waals surface area contributed by atoms with Crippen molar-refractivity contribution in [3.8, 4) is 0 Å². The van der Waals surface area contributed by atoms with E-state index in [1.807, 2.05) is 0 Å². The van der Waals surface area contributed by atoms with Crippen LogP contribution in [0.15, 0.2) is 24.3 Å². The summed E-state index contributed by atoms with van der Waals surface area (Å²) >= 11 is 0. The molecule has 0 aliphatic rings. The summed E-state index contributed by atoms with van der Waals surface area (Å²) in [5, 5.41) is 14.3. The van der Waals surface area contributed by atoms with Crippen LogP contribution in [0.1, 0.15) is 36.2 Å². The molecular weight excluding hydrogens is 300 g/mol. The summed E-state index contributed by atoms with van der Waals surface area (Å²) in [6.07, 6.45) is -0.243.